The van der Waals surface area contributed by atoms with Crippen LogP contribution < -0.4 is 24.7 Å². The largest absolute Gasteiger partial charge is 0.496 e. The van der Waals surface area contributed by atoms with Crippen molar-refractivity contribution in [1.29, 1.82) is 5.26 Å². The van der Waals surface area contributed by atoms with Crippen LogP contribution in [0.1, 0.15) is 22.7 Å². The molecule has 0 spiro atoms. The fourth-order valence-electron chi connectivity index (χ4n) is 2.99. The Morgan fingerprint density at radius 3 is 2.40 bits per heavy atom. The zero-order valence-corrected chi connectivity index (χ0v) is 14.3. The SMILES string of the molecule is COc1cc(OC)c([C@@H]2C(C#N)=C(N)Oc3n[nH]c(C)c32)cc1OC. The molecule has 25 heavy (non-hydrogen) atoms. The minimum absolute atomic E-state index is 0.0170. The van der Waals surface area contributed by atoms with Gasteiger partial charge in [-0.1, -0.05) is 0 Å². The summed E-state index contributed by atoms with van der Waals surface area (Å²) in [6, 6.07) is 5.62. The highest BCUT2D eigenvalue weighted by atomic mass is 16.5. The average molecular weight is 342 g/mol. The van der Waals surface area contributed by atoms with E-state index in [0.717, 1.165) is 11.3 Å². The summed E-state index contributed by atoms with van der Waals surface area (Å²) in [6.45, 7) is 1.85. The zero-order valence-electron chi connectivity index (χ0n) is 14.3. The van der Waals surface area contributed by atoms with Crippen LogP contribution in [0.3, 0.4) is 0 Å². The number of nitrogens with one attached hydrogen (secondary N) is 1. The maximum absolute atomic E-state index is 9.64. The number of allylic oxidation sites excluding steroid dienone is 1. The van der Waals surface area contributed by atoms with Crippen molar-refractivity contribution in [3.63, 3.8) is 0 Å². The fraction of sp³-hybridized carbons (Fsp3) is 0.294. The number of H-pyrrole nitrogens is 1. The van der Waals surface area contributed by atoms with Crippen molar-refractivity contribution in [3.8, 4) is 29.2 Å². The van der Waals surface area contributed by atoms with Crippen molar-refractivity contribution in [2.24, 2.45) is 5.73 Å². The molecule has 1 aromatic carbocycles. The fourth-order valence-corrected chi connectivity index (χ4v) is 2.99. The first-order valence-electron chi connectivity index (χ1n) is 7.48. The van der Waals surface area contributed by atoms with Crippen molar-refractivity contribution >= 4 is 0 Å². The van der Waals surface area contributed by atoms with Crippen LogP contribution in [0.4, 0.5) is 0 Å². The van der Waals surface area contributed by atoms with Crippen molar-refractivity contribution in [1.82, 2.24) is 10.2 Å². The van der Waals surface area contributed by atoms with Crippen LogP contribution in [-0.2, 0) is 0 Å². The number of ether oxygens (including phenoxy) is 4. The van der Waals surface area contributed by atoms with Gasteiger partial charge in [-0.05, 0) is 13.0 Å². The van der Waals surface area contributed by atoms with Gasteiger partial charge in [-0.15, -0.1) is 5.10 Å². The van der Waals surface area contributed by atoms with Gasteiger partial charge in [-0.25, -0.2) is 0 Å². The summed E-state index contributed by atoms with van der Waals surface area (Å²) in [7, 11) is 4.64. The van der Waals surface area contributed by atoms with E-state index in [1.807, 2.05) is 6.92 Å². The normalized spacial score (nSPS) is 15.9. The third-order valence-electron chi connectivity index (χ3n) is 4.18. The molecule has 0 bridgehead atoms. The molecule has 2 heterocycles. The molecular weight excluding hydrogens is 324 g/mol. The molecular formula is C17H18N4O4. The smallest absolute Gasteiger partial charge is 0.244 e. The molecule has 0 unspecified atom stereocenters. The minimum Gasteiger partial charge on any atom is -0.496 e. The Balaban J connectivity index is 2.30. The second kappa shape index (κ2) is 6.28. The summed E-state index contributed by atoms with van der Waals surface area (Å²) in [4.78, 5) is 0. The van der Waals surface area contributed by atoms with Gasteiger partial charge in [0, 0.05) is 22.9 Å². The van der Waals surface area contributed by atoms with Gasteiger partial charge >= 0.3 is 0 Å². The summed E-state index contributed by atoms with van der Waals surface area (Å²) in [5.41, 5.74) is 8.43. The Kier molecular flexibility index (Phi) is 4.15. The van der Waals surface area contributed by atoms with E-state index in [9.17, 15) is 5.26 Å². The molecule has 1 aliphatic heterocycles. The number of hydrogen-bond donors (Lipinski definition) is 2. The number of fused-ring (bicyclic) bond motifs is 1. The summed E-state index contributed by atoms with van der Waals surface area (Å²) < 4.78 is 21.7. The van der Waals surface area contributed by atoms with Gasteiger partial charge in [-0.2, -0.15) is 5.26 Å². The quantitative estimate of drug-likeness (QED) is 0.872. The highest BCUT2D eigenvalue weighted by Gasteiger charge is 2.36. The number of aryl methyl sites for hydroxylation is 1. The topological polar surface area (TPSA) is 115 Å². The molecule has 1 aromatic heterocycles. The molecule has 1 atom stereocenters. The van der Waals surface area contributed by atoms with Gasteiger partial charge < -0.3 is 24.7 Å². The third-order valence-corrected chi connectivity index (χ3v) is 4.18. The first kappa shape index (κ1) is 16.5. The summed E-state index contributed by atoms with van der Waals surface area (Å²) in [6.07, 6.45) is 0. The minimum atomic E-state index is -0.498. The Bertz CT molecular complexity index is 895. The Labute approximate surface area is 144 Å². The summed E-state index contributed by atoms with van der Waals surface area (Å²) >= 11 is 0. The van der Waals surface area contributed by atoms with E-state index < -0.39 is 5.92 Å². The molecule has 1 aliphatic rings. The van der Waals surface area contributed by atoms with E-state index in [2.05, 4.69) is 16.3 Å². The highest BCUT2D eigenvalue weighted by molar-refractivity contribution is 5.61. The van der Waals surface area contributed by atoms with Crippen molar-refractivity contribution in [2.45, 2.75) is 12.8 Å². The zero-order chi connectivity index (χ0) is 18.1. The number of rotatable bonds is 4. The Morgan fingerprint density at radius 2 is 1.80 bits per heavy atom. The number of nitrogens with two attached hydrogens (primary N) is 1. The molecule has 0 fully saturated rings. The van der Waals surface area contributed by atoms with Gasteiger partial charge in [0.25, 0.3) is 0 Å². The second-order valence-electron chi connectivity index (χ2n) is 5.44. The maximum atomic E-state index is 9.64. The number of nitrogens with zero attached hydrogens (tertiary/aromatic N) is 2. The molecule has 0 radical (unpaired) electrons. The maximum Gasteiger partial charge on any atom is 0.244 e. The van der Waals surface area contributed by atoms with Gasteiger partial charge in [0.1, 0.15) is 17.4 Å². The van der Waals surface area contributed by atoms with Crippen LogP contribution in [0.5, 0.6) is 23.1 Å². The van der Waals surface area contributed by atoms with Gasteiger partial charge in [0.05, 0.1) is 27.2 Å². The number of benzene rings is 1. The number of aromatic amines is 1. The monoisotopic (exact) mass is 342 g/mol. The average Bonchev–Trinajstić information content (AvgIpc) is 2.99. The number of hydrogen-bond acceptors (Lipinski definition) is 7. The first-order chi connectivity index (χ1) is 12.0. The van der Waals surface area contributed by atoms with E-state index in [-0.39, 0.29) is 11.5 Å². The van der Waals surface area contributed by atoms with Crippen molar-refractivity contribution in [3.05, 3.63) is 40.4 Å². The summed E-state index contributed by atoms with van der Waals surface area (Å²) in [5.74, 6) is 1.44. The molecule has 3 N–H and O–H groups in total. The van der Waals surface area contributed by atoms with Crippen LogP contribution in [0.15, 0.2) is 23.6 Å². The molecule has 0 saturated heterocycles. The number of nitriles is 1. The lowest BCUT2D eigenvalue weighted by Crippen LogP contribution is -2.21. The van der Waals surface area contributed by atoms with E-state index in [4.69, 9.17) is 24.7 Å². The molecule has 3 rings (SSSR count). The van der Waals surface area contributed by atoms with E-state index >= 15 is 0 Å². The third kappa shape index (κ3) is 2.50. The van der Waals surface area contributed by atoms with Crippen molar-refractivity contribution in [2.75, 3.05) is 21.3 Å². The summed E-state index contributed by atoms with van der Waals surface area (Å²) in [5, 5.41) is 16.6. The molecule has 0 amide bonds. The van der Waals surface area contributed by atoms with E-state index in [1.165, 1.54) is 0 Å². The Morgan fingerprint density at radius 1 is 1.16 bits per heavy atom. The highest BCUT2D eigenvalue weighted by Crippen LogP contribution is 2.48. The lowest BCUT2D eigenvalue weighted by molar-refractivity contribution is 0.346. The van der Waals surface area contributed by atoms with E-state index in [0.29, 0.717) is 28.7 Å². The molecule has 8 heteroatoms. The van der Waals surface area contributed by atoms with Crippen LogP contribution in [0.25, 0.3) is 0 Å². The van der Waals surface area contributed by atoms with Gasteiger partial charge in [0.2, 0.25) is 11.8 Å². The van der Waals surface area contributed by atoms with Gasteiger partial charge in [0.15, 0.2) is 11.5 Å². The number of methoxy groups -OCH3 is 3. The van der Waals surface area contributed by atoms with Crippen LogP contribution in [-0.4, -0.2) is 31.5 Å². The lowest BCUT2D eigenvalue weighted by atomic mass is 9.83. The van der Waals surface area contributed by atoms with Gasteiger partial charge in [-0.3, -0.25) is 5.10 Å². The van der Waals surface area contributed by atoms with Crippen molar-refractivity contribution < 1.29 is 18.9 Å². The van der Waals surface area contributed by atoms with Crippen LogP contribution >= 0.6 is 0 Å². The van der Waals surface area contributed by atoms with Crippen LogP contribution in [0.2, 0.25) is 0 Å². The Hall–Kier alpha value is -3.34. The molecule has 0 aliphatic carbocycles. The predicted molar refractivity (Wildman–Crippen MR) is 88.7 cm³/mol. The molecule has 0 saturated carbocycles. The molecule has 2 aromatic rings. The number of aromatic nitrogens is 2. The predicted octanol–water partition coefficient (Wildman–Crippen LogP) is 1.96. The molecule has 130 valence electrons. The molecule has 8 nitrogen and oxygen atoms in total. The first-order valence-corrected chi connectivity index (χ1v) is 7.48. The van der Waals surface area contributed by atoms with E-state index in [1.54, 1.807) is 33.5 Å². The lowest BCUT2D eigenvalue weighted by Gasteiger charge is -2.25. The standard InChI is InChI=1S/C17H18N4O4/c1-8-14-15(10(7-18)16(19)25-17(14)21-20-8)9-5-12(23-3)13(24-4)6-11(9)22-2/h5-6,15H,19H2,1-4H3,(H,20,21)/t15-/m1/s1. The second-order valence-corrected chi connectivity index (χ2v) is 5.44. The van der Waals surface area contributed by atoms with Crippen LogP contribution in [0, 0.1) is 18.3 Å².